The van der Waals surface area contributed by atoms with Gasteiger partial charge in [0.2, 0.25) is 0 Å². The Hall–Kier alpha value is -1.13. The smallest absolute Gasteiger partial charge is 0.165 e. The van der Waals surface area contributed by atoms with Gasteiger partial charge in [0.25, 0.3) is 0 Å². The van der Waals surface area contributed by atoms with E-state index in [0.29, 0.717) is 18.4 Å². The van der Waals surface area contributed by atoms with Gasteiger partial charge in [-0.15, -0.1) is 0 Å². The zero-order valence-corrected chi connectivity index (χ0v) is 10.2. The van der Waals surface area contributed by atoms with Crippen LogP contribution in [-0.2, 0) is 6.61 Å². The molecule has 1 aromatic carbocycles. The van der Waals surface area contributed by atoms with E-state index in [0.717, 1.165) is 0 Å². The molecule has 0 saturated heterocycles. The Labute approximate surface area is 101 Å². The summed E-state index contributed by atoms with van der Waals surface area (Å²) in [6.45, 7) is 3.43. The normalized spacial score (nSPS) is 11.6. The van der Waals surface area contributed by atoms with Crippen LogP contribution in [0.4, 0.5) is 4.39 Å². The van der Waals surface area contributed by atoms with Gasteiger partial charge in [-0.3, -0.25) is 0 Å². The van der Waals surface area contributed by atoms with Crippen molar-refractivity contribution in [3.05, 3.63) is 29.6 Å². The number of aliphatic hydroxyl groups excluding tert-OH is 1. The predicted molar refractivity (Wildman–Crippen MR) is 63.3 cm³/mol. The number of aliphatic hydroxyl groups is 2. The van der Waals surface area contributed by atoms with Gasteiger partial charge in [-0.1, -0.05) is 26.0 Å². The van der Waals surface area contributed by atoms with Crippen molar-refractivity contribution >= 4 is 0 Å². The monoisotopic (exact) mass is 242 g/mol. The van der Waals surface area contributed by atoms with Crippen LogP contribution in [0.5, 0.6) is 5.75 Å². The van der Waals surface area contributed by atoms with E-state index < -0.39 is 11.4 Å². The molecule has 96 valence electrons. The number of halogens is 1. The fraction of sp³-hybridized carbons (Fsp3) is 0.538. The Bertz CT molecular complexity index is 362. The van der Waals surface area contributed by atoms with Gasteiger partial charge in [0.05, 0.1) is 12.2 Å². The van der Waals surface area contributed by atoms with Crippen LogP contribution in [0.2, 0.25) is 0 Å². The highest BCUT2D eigenvalue weighted by atomic mass is 19.1. The topological polar surface area (TPSA) is 49.7 Å². The Kier molecular flexibility index (Phi) is 4.90. The molecule has 0 saturated carbocycles. The van der Waals surface area contributed by atoms with Crippen LogP contribution in [0.25, 0.3) is 0 Å². The Balaban J connectivity index is 2.81. The number of ether oxygens (including phenoxy) is 1. The van der Waals surface area contributed by atoms with Gasteiger partial charge in [0.15, 0.2) is 11.6 Å². The largest absolute Gasteiger partial charge is 0.487 e. The van der Waals surface area contributed by atoms with Gasteiger partial charge >= 0.3 is 0 Å². The maximum absolute atomic E-state index is 13.5. The molecule has 0 aliphatic rings. The summed E-state index contributed by atoms with van der Waals surface area (Å²) < 4.78 is 18.8. The summed E-state index contributed by atoms with van der Waals surface area (Å²) in [6, 6.07) is 4.38. The van der Waals surface area contributed by atoms with Gasteiger partial charge in [-0.05, 0) is 18.9 Å². The van der Waals surface area contributed by atoms with E-state index in [1.165, 1.54) is 12.1 Å². The highest BCUT2D eigenvalue weighted by Crippen LogP contribution is 2.25. The summed E-state index contributed by atoms with van der Waals surface area (Å²) in [7, 11) is 0. The number of para-hydroxylation sites is 1. The molecular formula is C13H19FO3. The first-order chi connectivity index (χ1) is 8.06. The molecule has 0 aliphatic heterocycles. The molecule has 0 fully saturated rings. The summed E-state index contributed by atoms with van der Waals surface area (Å²) >= 11 is 0. The molecule has 0 bridgehead atoms. The van der Waals surface area contributed by atoms with E-state index >= 15 is 0 Å². The number of benzene rings is 1. The molecule has 0 unspecified atom stereocenters. The van der Waals surface area contributed by atoms with E-state index in [2.05, 4.69) is 0 Å². The third-order valence-electron chi connectivity index (χ3n) is 3.02. The van der Waals surface area contributed by atoms with E-state index in [1.54, 1.807) is 6.07 Å². The summed E-state index contributed by atoms with van der Waals surface area (Å²) in [6.07, 6.45) is 1.07. The first kappa shape index (κ1) is 13.9. The second-order valence-corrected chi connectivity index (χ2v) is 4.11. The minimum absolute atomic E-state index is 0.0218. The molecule has 0 aliphatic carbocycles. The van der Waals surface area contributed by atoms with Crippen LogP contribution in [0.15, 0.2) is 18.2 Å². The summed E-state index contributed by atoms with van der Waals surface area (Å²) in [5.41, 5.74) is -0.561. The molecule has 3 nitrogen and oxygen atoms in total. The van der Waals surface area contributed by atoms with Crippen molar-refractivity contribution in [1.29, 1.82) is 0 Å². The molecule has 17 heavy (non-hydrogen) atoms. The molecule has 2 N–H and O–H groups in total. The molecule has 4 heteroatoms. The average molecular weight is 242 g/mol. The van der Waals surface area contributed by atoms with Gasteiger partial charge in [-0.2, -0.15) is 0 Å². The summed E-state index contributed by atoms with van der Waals surface area (Å²) in [5.74, 6) is -0.499. The summed E-state index contributed by atoms with van der Waals surface area (Å²) in [5, 5.41) is 19.1. The van der Waals surface area contributed by atoms with Crippen molar-refractivity contribution in [3.63, 3.8) is 0 Å². The zero-order chi connectivity index (χ0) is 12.9. The van der Waals surface area contributed by atoms with Crippen molar-refractivity contribution in [2.45, 2.75) is 38.9 Å². The first-order valence-electron chi connectivity index (χ1n) is 5.79. The van der Waals surface area contributed by atoms with E-state index in [1.807, 2.05) is 13.8 Å². The van der Waals surface area contributed by atoms with Crippen LogP contribution in [-0.4, -0.2) is 22.4 Å². The summed E-state index contributed by atoms with van der Waals surface area (Å²) in [4.78, 5) is 0. The number of rotatable bonds is 6. The molecule has 0 heterocycles. The Morgan fingerprint density at radius 1 is 1.29 bits per heavy atom. The molecule has 0 spiro atoms. The van der Waals surface area contributed by atoms with Crippen LogP contribution >= 0.6 is 0 Å². The molecule has 1 aromatic rings. The van der Waals surface area contributed by atoms with E-state index in [4.69, 9.17) is 9.84 Å². The van der Waals surface area contributed by atoms with Crippen molar-refractivity contribution in [1.82, 2.24) is 0 Å². The lowest BCUT2D eigenvalue weighted by Crippen LogP contribution is -2.34. The number of hydrogen-bond acceptors (Lipinski definition) is 3. The second-order valence-electron chi connectivity index (χ2n) is 4.11. The zero-order valence-electron chi connectivity index (χ0n) is 10.2. The van der Waals surface area contributed by atoms with E-state index in [9.17, 15) is 9.50 Å². The minimum atomic E-state index is -0.949. The van der Waals surface area contributed by atoms with Gasteiger partial charge in [0.1, 0.15) is 6.61 Å². The number of hydrogen-bond donors (Lipinski definition) is 2. The van der Waals surface area contributed by atoms with Crippen LogP contribution in [0.3, 0.4) is 0 Å². The molecule has 0 atom stereocenters. The lowest BCUT2D eigenvalue weighted by atomic mass is 9.99. The molecule has 1 rings (SSSR count). The highest BCUT2D eigenvalue weighted by Gasteiger charge is 2.24. The second kappa shape index (κ2) is 5.98. The maximum atomic E-state index is 13.5. The SMILES string of the molecule is CCC(O)(CC)COc1c(F)cccc1CO. The predicted octanol–water partition coefficient (Wildman–Crippen LogP) is 2.25. The van der Waals surface area contributed by atoms with Crippen LogP contribution < -0.4 is 4.74 Å². The Morgan fingerprint density at radius 3 is 2.47 bits per heavy atom. The Morgan fingerprint density at radius 2 is 1.94 bits per heavy atom. The lowest BCUT2D eigenvalue weighted by molar-refractivity contribution is -0.0128. The third-order valence-corrected chi connectivity index (χ3v) is 3.02. The van der Waals surface area contributed by atoms with Gasteiger partial charge in [-0.25, -0.2) is 4.39 Å². The van der Waals surface area contributed by atoms with Crippen molar-refractivity contribution < 1.29 is 19.3 Å². The molecule has 0 amide bonds. The maximum Gasteiger partial charge on any atom is 0.165 e. The molecule has 0 aromatic heterocycles. The molecular weight excluding hydrogens is 223 g/mol. The highest BCUT2D eigenvalue weighted by molar-refractivity contribution is 5.34. The fourth-order valence-corrected chi connectivity index (χ4v) is 1.50. The van der Waals surface area contributed by atoms with Crippen molar-refractivity contribution in [2.75, 3.05) is 6.61 Å². The standard InChI is InChI=1S/C13H19FO3/c1-3-13(16,4-2)9-17-12-10(8-15)6-5-7-11(12)14/h5-7,15-16H,3-4,8-9H2,1-2H3. The quantitative estimate of drug-likeness (QED) is 0.804. The lowest BCUT2D eigenvalue weighted by Gasteiger charge is -2.25. The van der Waals surface area contributed by atoms with Gasteiger partial charge < -0.3 is 14.9 Å². The van der Waals surface area contributed by atoms with Crippen molar-refractivity contribution in [2.24, 2.45) is 0 Å². The van der Waals surface area contributed by atoms with Crippen LogP contribution in [0.1, 0.15) is 32.3 Å². The fourth-order valence-electron chi connectivity index (χ4n) is 1.50. The van der Waals surface area contributed by atoms with E-state index in [-0.39, 0.29) is 19.0 Å². The minimum Gasteiger partial charge on any atom is -0.487 e. The van der Waals surface area contributed by atoms with Crippen LogP contribution in [0, 0.1) is 5.82 Å². The first-order valence-corrected chi connectivity index (χ1v) is 5.79. The third kappa shape index (κ3) is 3.41. The molecule has 0 radical (unpaired) electrons. The van der Waals surface area contributed by atoms with Gasteiger partial charge in [0, 0.05) is 5.56 Å². The van der Waals surface area contributed by atoms with Crippen molar-refractivity contribution in [3.8, 4) is 5.75 Å². The average Bonchev–Trinajstić information content (AvgIpc) is 2.36.